The van der Waals surface area contributed by atoms with E-state index < -0.39 is 21.7 Å². The van der Waals surface area contributed by atoms with Crippen LogP contribution in [-0.4, -0.2) is 44.8 Å². The molecule has 34 heavy (non-hydrogen) atoms. The highest BCUT2D eigenvalue weighted by atomic mass is 35.5. The number of amides is 1. The van der Waals surface area contributed by atoms with Gasteiger partial charge in [0, 0.05) is 47.5 Å². The number of nitrogens with zero attached hydrogens (tertiary/aromatic N) is 2. The summed E-state index contributed by atoms with van der Waals surface area (Å²) in [6, 6.07) is 15.3. The number of piperazine rings is 1. The van der Waals surface area contributed by atoms with Crippen LogP contribution in [0, 0.1) is 12.7 Å². The molecule has 1 fully saturated rings. The number of halogens is 3. The van der Waals surface area contributed by atoms with E-state index >= 15 is 0 Å². The predicted molar refractivity (Wildman–Crippen MR) is 133 cm³/mol. The zero-order valence-electron chi connectivity index (χ0n) is 18.3. The Hall–Kier alpha value is -2.65. The van der Waals surface area contributed by atoms with E-state index in [9.17, 15) is 17.6 Å². The molecule has 6 nitrogen and oxygen atoms in total. The predicted octanol–water partition coefficient (Wildman–Crippen LogP) is 5.20. The monoisotopic (exact) mass is 521 g/mol. The smallest absolute Gasteiger partial charge is 0.255 e. The van der Waals surface area contributed by atoms with Gasteiger partial charge in [0.2, 0.25) is 10.0 Å². The molecule has 0 atom stereocenters. The van der Waals surface area contributed by atoms with Gasteiger partial charge in [0.05, 0.1) is 10.6 Å². The van der Waals surface area contributed by atoms with Gasteiger partial charge in [-0.3, -0.25) is 4.79 Å². The van der Waals surface area contributed by atoms with Crippen molar-refractivity contribution in [3.63, 3.8) is 0 Å². The van der Waals surface area contributed by atoms with Gasteiger partial charge in [-0.05, 0) is 61.0 Å². The molecule has 1 heterocycles. The van der Waals surface area contributed by atoms with Gasteiger partial charge < -0.3 is 10.2 Å². The van der Waals surface area contributed by atoms with Gasteiger partial charge in [-0.1, -0.05) is 35.3 Å². The number of nitrogens with one attached hydrogen (secondary N) is 1. The number of carbonyl (C=O) groups is 1. The molecule has 0 radical (unpaired) electrons. The second-order valence-corrected chi connectivity index (χ2v) is 10.7. The minimum atomic E-state index is -3.90. The quantitative estimate of drug-likeness (QED) is 0.500. The van der Waals surface area contributed by atoms with Crippen molar-refractivity contribution < 1.29 is 17.6 Å². The Kier molecular flexibility index (Phi) is 7.14. The fraction of sp³-hybridized carbons (Fsp3) is 0.208. The van der Waals surface area contributed by atoms with Crippen LogP contribution >= 0.6 is 23.2 Å². The number of aryl methyl sites for hydroxylation is 1. The Morgan fingerprint density at radius 3 is 2.32 bits per heavy atom. The number of carbonyl (C=O) groups excluding carboxylic acids is 1. The maximum absolute atomic E-state index is 14.7. The van der Waals surface area contributed by atoms with Crippen molar-refractivity contribution in [1.29, 1.82) is 0 Å². The van der Waals surface area contributed by atoms with Crippen molar-refractivity contribution >= 4 is 50.5 Å². The third kappa shape index (κ3) is 5.20. The Bertz CT molecular complexity index is 1340. The topological polar surface area (TPSA) is 69.7 Å². The van der Waals surface area contributed by atoms with E-state index in [1.165, 1.54) is 22.5 Å². The first-order valence-electron chi connectivity index (χ1n) is 10.5. The zero-order valence-corrected chi connectivity index (χ0v) is 20.6. The van der Waals surface area contributed by atoms with Gasteiger partial charge in [-0.25, -0.2) is 12.8 Å². The highest BCUT2D eigenvalue weighted by Gasteiger charge is 2.29. The average Bonchev–Trinajstić information content (AvgIpc) is 2.82. The molecule has 1 aliphatic heterocycles. The van der Waals surface area contributed by atoms with Gasteiger partial charge in [-0.2, -0.15) is 4.31 Å². The highest BCUT2D eigenvalue weighted by Crippen LogP contribution is 2.28. The molecular weight excluding hydrogens is 500 g/mol. The minimum Gasteiger partial charge on any atom is -0.369 e. The molecule has 1 saturated heterocycles. The van der Waals surface area contributed by atoms with E-state index in [1.807, 2.05) is 25.1 Å². The van der Waals surface area contributed by atoms with E-state index in [1.54, 1.807) is 18.2 Å². The Morgan fingerprint density at radius 2 is 1.65 bits per heavy atom. The lowest BCUT2D eigenvalue weighted by atomic mass is 10.1. The number of hydrogen-bond donors (Lipinski definition) is 1. The van der Waals surface area contributed by atoms with Crippen LogP contribution < -0.4 is 10.2 Å². The second kappa shape index (κ2) is 9.92. The summed E-state index contributed by atoms with van der Waals surface area (Å²) in [5.41, 5.74) is 2.16. The van der Waals surface area contributed by atoms with Crippen LogP contribution in [0.5, 0.6) is 0 Å². The standard InChI is InChI=1S/C24H22Cl2FN3O3S/c1-16-5-6-19(26)14-23(16)29-9-11-30(12-10-29)34(32,33)20-7-8-22(21(27)15-20)28-24(31)17-3-2-4-18(25)13-17/h2-8,13-15H,9-12H2,1H3,(H,28,31). The highest BCUT2D eigenvalue weighted by molar-refractivity contribution is 7.89. The van der Waals surface area contributed by atoms with Crippen LogP contribution in [0.15, 0.2) is 65.6 Å². The minimum absolute atomic E-state index is 0.120. The summed E-state index contributed by atoms with van der Waals surface area (Å²) in [5, 5.41) is 3.44. The van der Waals surface area contributed by atoms with Gasteiger partial charge in [0.25, 0.3) is 5.91 Å². The third-order valence-corrected chi connectivity index (χ3v) is 8.03. The van der Waals surface area contributed by atoms with Crippen molar-refractivity contribution in [1.82, 2.24) is 4.31 Å². The van der Waals surface area contributed by atoms with E-state index in [0.29, 0.717) is 23.1 Å². The molecule has 0 bridgehead atoms. The van der Waals surface area contributed by atoms with Crippen molar-refractivity contribution in [3.05, 3.63) is 87.7 Å². The molecule has 0 aliphatic carbocycles. The summed E-state index contributed by atoms with van der Waals surface area (Å²) in [4.78, 5) is 14.3. The molecule has 3 aromatic carbocycles. The third-order valence-electron chi connectivity index (χ3n) is 5.66. The van der Waals surface area contributed by atoms with Crippen LogP contribution in [0.3, 0.4) is 0 Å². The van der Waals surface area contributed by atoms with Gasteiger partial charge >= 0.3 is 0 Å². The maximum atomic E-state index is 14.7. The number of benzene rings is 3. The molecule has 1 N–H and O–H groups in total. The summed E-state index contributed by atoms with van der Waals surface area (Å²) < 4.78 is 42.3. The van der Waals surface area contributed by atoms with Gasteiger partial charge in [-0.15, -0.1) is 0 Å². The fourth-order valence-electron chi connectivity index (χ4n) is 3.82. The molecule has 10 heteroatoms. The van der Waals surface area contributed by atoms with E-state index in [0.717, 1.165) is 17.3 Å². The summed E-state index contributed by atoms with van der Waals surface area (Å²) >= 11 is 12.0. The molecule has 0 saturated carbocycles. The van der Waals surface area contributed by atoms with Crippen LogP contribution in [-0.2, 0) is 10.0 Å². The number of hydrogen-bond acceptors (Lipinski definition) is 4. The maximum Gasteiger partial charge on any atom is 0.255 e. The Morgan fingerprint density at radius 1 is 0.941 bits per heavy atom. The van der Waals surface area contributed by atoms with Gasteiger partial charge in [0.1, 0.15) is 5.82 Å². The average molecular weight is 522 g/mol. The summed E-state index contributed by atoms with van der Waals surface area (Å²) in [6.07, 6.45) is 0. The number of rotatable bonds is 5. The number of anilines is 2. The molecule has 0 spiro atoms. The van der Waals surface area contributed by atoms with Crippen molar-refractivity contribution in [2.45, 2.75) is 11.8 Å². The fourth-order valence-corrected chi connectivity index (χ4v) is 5.61. The molecular formula is C24H22Cl2FN3O3S. The van der Waals surface area contributed by atoms with Gasteiger partial charge in [0.15, 0.2) is 0 Å². The van der Waals surface area contributed by atoms with Crippen LogP contribution in [0.1, 0.15) is 15.9 Å². The molecule has 0 aromatic heterocycles. The van der Waals surface area contributed by atoms with E-state index in [4.69, 9.17) is 23.2 Å². The largest absolute Gasteiger partial charge is 0.369 e. The molecule has 1 aliphatic rings. The molecule has 3 aromatic rings. The van der Waals surface area contributed by atoms with E-state index in [2.05, 4.69) is 10.2 Å². The molecule has 4 rings (SSSR count). The SMILES string of the molecule is Cc1ccc(Cl)cc1N1CCN(S(=O)(=O)c2ccc(NC(=O)c3cccc(Cl)c3)c(F)c2)CC1. The lowest BCUT2D eigenvalue weighted by molar-refractivity contribution is 0.102. The van der Waals surface area contributed by atoms with Crippen LogP contribution in [0.25, 0.3) is 0 Å². The van der Waals surface area contributed by atoms with E-state index in [-0.39, 0.29) is 29.2 Å². The number of sulfonamides is 1. The lowest BCUT2D eigenvalue weighted by Gasteiger charge is -2.36. The first kappa shape index (κ1) is 24.5. The first-order chi connectivity index (χ1) is 16.1. The summed E-state index contributed by atoms with van der Waals surface area (Å²) in [5.74, 6) is -1.39. The molecule has 178 valence electrons. The molecule has 1 amide bonds. The van der Waals surface area contributed by atoms with Crippen molar-refractivity contribution in [3.8, 4) is 0 Å². The van der Waals surface area contributed by atoms with Crippen molar-refractivity contribution in [2.75, 3.05) is 36.4 Å². The first-order valence-corrected chi connectivity index (χ1v) is 12.7. The Balaban J connectivity index is 1.46. The normalized spacial score (nSPS) is 14.8. The van der Waals surface area contributed by atoms with Crippen LogP contribution in [0.2, 0.25) is 10.0 Å². The van der Waals surface area contributed by atoms with Crippen molar-refractivity contribution in [2.24, 2.45) is 0 Å². The zero-order chi connectivity index (χ0) is 24.5. The van der Waals surface area contributed by atoms with Crippen LogP contribution in [0.4, 0.5) is 15.8 Å². The summed E-state index contributed by atoms with van der Waals surface area (Å²) in [6.45, 7) is 3.45. The Labute approximate surface area is 207 Å². The molecule has 0 unspecified atom stereocenters. The second-order valence-electron chi connectivity index (χ2n) is 7.93. The summed E-state index contributed by atoms with van der Waals surface area (Å²) in [7, 11) is -3.90. The lowest BCUT2D eigenvalue weighted by Crippen LogP contribution is -2.48.